The van der Waals surface area contributed by atoms with Gasteiger partial charge in [-0.25, -0.2) is 0 Å². The summed E-state index contributed by atoms with van der Waals surface area (Å²) in [5.74, 6) is 0. The Hall–Kier alpha value is -0.0800. The molecular weight excluding hydrogens is 198 g/mol. The number of ether oxygens (including phenoxy) is 1. The van der Waals surface area contributed by atoms with Gasteiger partial charge in [0, 0.05) is 6.61 Å². The third-order valence-corrected chi connectivity index (χ3v) is 3.77. The first-order valence-electron chi connectivity index (χ1n) is 7.17. The van der Waals surface area contributed by atoms with Gasteiger partial charge in [0.05, 0.1) is 5.60 Å². The van der Waals surface area contributed by atoms with Crippen molar-refractivity contribution in [3.05, 3.63) is 0 Å². The first kappa shape index (κ1) is 14.0. The number of unbranched alkanes of at least 4 members (excludes halogenated alkanes) is 5. The van der Waals surface area contributed by atoms with Crippen molar-refractivity contribution >= 4 is 0 Å². The predicted octanol–water partition coefficient (Wildman–Crippen LogP) is 3.64. The van der Waals surface area contributed by atoms with Crippen molar-refractivity contribution in [3.63, 3.8) is 0 Å². The van der Waals surface area contributed by atoms with E-state index in [0.717, 1.165) is 19.6 Å². The average molecular weight is 227 g/mol. The van der Waals surface area contributed by atoms with Crippen molar-refractivity contribution in [1.82, 2.24) is 0 Å². The number of hydrogen-bond donors (Lipinski definition) is 1. The summed E-state index contributed by atoms with van der Waals surface area (Å²) in [6.07, 6.45) is 12.9. The third kappa shape index (κ3) is 4.84. The van der Waals surface area contributed by atoms with Crippen LogP contribution in [0.2, 0.25) is 0 Å². The Labute approximate surface area is 101 Å². The topological polar surface area (TPSA) is 35.2 Å². The maximum atomic E-state index is 6.03. The van der Waals surface area contributed by atoms with Crippen molar-refractivity contribution in [2.24, 2.45) is 5.73 Å². The minimum absolute atomic E-state index is 0.193. The van der Waals surface area contributed by atoms with Crippen molar-refractivity contribution in [2.75, 3.05) is 13.2 Å². The maximum Gasteiger partial charge on any atom is 0.0694 e. The van der Waals surface area contributed by atoms with Gasteiger partial charge in [0.1, 0.15) is 0 Å². The lowest BCUT2D eigenvalue weighted by atomic mass is 9.77. The SMILES string of the molecule is CCCCCCCCOC1(CCN)CCC1. The lowest BCUT2D eigenvalue weighted by Crippen LogP contribution is -2.42. The van der Waals surface area contributed by atoms with Gasteiger partial charge >= 0.3 is 0 Å². The van der Waals surface area contributed by atoms with Crippen molar-refractivity contribution in [3.8, 4) is 0 Å². The number of hydrogen-bond acceptors (Lipinski definition) is 2. The summed E-state index contributed by atoms with van der Waals surface area (Å²) in [5, 5.41) is 0. The minimum Gasteiger partial charge on any atom is -0.375 e. The van der Waals surface area contributed by atoms with Crippen LogP contribution in [0, 0.1) is 0 Å². The Morgan fingerprint density at radius 2 is 1.75 bits per heavy atom. The van der Waals surface area contributed by atoms with Crippen LogP contribution in [-0.2, 0) is 4.74 Å². The molecule has 0 amide bonds. The molecule has 0 aromatic rings. The molecule has 16 heavy (non-hydrogen) atoms. The van der Waals surface area contributed by atoms with Gasteiger partial charge in [0.2, 0.25) is 0 Å². The Bertz CT molecular complexity index is 166. The minimum atomic E-state index is 0.193. The molecule has 2 nitrogen and oxygen atoms in total. The molecule has 0 heterocycles. The first-order valence-corrected chi connectivity index (χ1v) is 7.17. The molecule has 1 rings (SSSR count). The smallest absolute Gasteiger partial charge is 0.0694 e. The molecule has 0 radical (unpaired) electrons. The van der Waals surface area contributed by atoms with Crippen LogP contribution in [0.5, 0.6) is 0 Å². The molecule has 96 valence electrons. The maximum absolute atomic E-state index is 6.03. The van der Waals surface area contributed by atoms with Gasteiger partial charge in [-0.3, -0.25) is 0 Å². The molecule has 1 fully saturated rings. The lowest BCUT2D eigenvalue weighted by Gasteiger charge is -2.41. The van der Waals surface area contributed by atoms with E-state index in [4.69, 9.17) is 10.5 Å². The summed E-state index contributed by atoms with van der Waals surface area (Å²) < 4.78 is 6.03. The Morgan fingerprint density at radius 1 is 1.06 bits per heavy atom. The zero-order valence-electron chi connectivity index (χ0n) is 11.0. The van der Waals surface area contributed by atoms with E-state index in [1.165, 1.54) is 57.8 Å². The summed E-state index contributed by atoms with van der Waals surface area (Å²) >= 11 is 0. The zero-order chi connectivity index (χ0) is 11.7. The molecule has 1 aliphatic rings. The largest absolute Gasteiger partial charge is 0.375 e. The molecule has 0 aromatic heterocycles. The van der Waals surface area contributed by atoms with Crippen LogP contribution in [0.25, 0.3) is 0 Å². The number of rotatable bonds is 10. The highest BCUT2D eigenvalue weighted by Crippen LogP contribution is 2.38. The zero-order valence-corrected chi connectivity index (χ0v) is 11.0. The van der Waals surface area contributed by atoms with Crippen molar-refractivity contribution in [1.29, 1.82) is 0 Å². The molecular formula is C14H29NO. The molecule has 0 aliphatic heterocycles. The second-order valence-electron chi connectivity index (χ2n) is 5.19. The molecule has 2 heteroatoms. The van der Waals surface area contributed by atoms with Gasteiger partial charge in [0.15, 0.2) is 0 Å². The summed E-state index contributed by atoms with van der Waals surface area (Å²) in [7, 11) is 0. The van der Waals surface area contributed by atoms with Crippen LogP contribution in [0.4, 0.5) is 0 Å². The average Bonchev–Trinajstić information content (AvgIpc) is 2.24. The molecule has 1 aliphatic carbocycles. The van der Waals surface area contributed by atoms with Crippen molar-refractivity contribution in [2.45, 2.75) is 76.7 Å². The standard InChI is InChI=1S/C14H29NO/c1-2-3-4-5-6-7-13-16-14(11-12-15)9-8-10-14/h2-13,15H2,1H3. The lowest BCUT2D eigenvalue weighted by molar-refractivity contribution is -0.104. The van der Waals surface area contributed by atoms with E-state index < -0.39 is 0 Å². The molecule has 0 spiro atoms. The second kappa shape index (κ2) is 8.08. The van der Waals surface area contributed by atoms with E-state index in [2.05, 4.69) is 6.92 Å². The fraction of sp³-hybridized carbons (Fsp3) is 1.00. The third-order valence-electron chi connectivity index (χ3n) is 3.77. The summed E-state index contributed by atoms with van der Waals surface area (Å²) in [6, 6.07) is 0. The van der Waals surface area contributed by atoms with Gasteiger partial charge in [-0.1, -0.05) is 39.0 Å². The molecule has 2 N–H and O–H groups in total. The van der Waals surface area contributed by atoms with Gasteiger partial charge in [-0.2, -0.15) is 0 Å². The van der Waals surface area contributed by atoms with Crippen LogP contribution >= 0.6 is 0 Å². The molecule has 0 aromatic carbocycles. The Morgan fingerprint density at radius 3 is 2.31 bits per heavy atom. The highest BCUT2D eigenvalue weighted by molar-refractivity contribution is 4.89. The van der Waals surface area contributed by atoms with E-state index in [-0.39, 0.29) is 5.60 Å². The molecule has 0 saturated heterocycles. The van der Waals surface area contributed by atoms with Gasteiger partial charge in [-0.05, 0) is 38.6 Å². The quantitative estimate of drug-likeness (QED) is 0.578. The van der Waals surface area contributed by atoms with E-state index in [1.54, 1.807) is 0 Å². The molecule has 1 saturated carbocycles. The molecule has 0 bridgehead atoms. The molecule has 0 unspecified atom stereocenters. The number of nitrogens with two attached hydrogens (primary N) is 1. The van der Waals surface area contributed by atoms with E-state index in [0.29, 0.717) is 0 Å². The highest BCUT2D eigenvalue weighted by atomic mass is 16.5. The van der Waals surface area contributed by atoms with Crippen LogP contribution < -0.4 is 5.73 Å². The first-order chi connectivity index (χ1) is 7.83. The Kier molecular flexibility index (Phi) is 7.06. The van der Waals surface area contributed by atoms with Crippen LogP contribution in [0.1, 0.15) is 71.1 Å². The van der Waals surface area contributed by atoms with Crippen LogP contribution in [0.3, 0.4) is 0 Å². The Balaban J connectivity index is 1.93. The van der Waals surface area contributed by atoms with Gasteiger partial charge in [0.25, 0.3) is 0 Å². The fourth-order valence-electron chi connectivity index (χ4n) is 2.47. The van der Waals surface area contributed by atoms with E-state index in [1.807, 2.05) is 0 Å². The summed E-state index contributed by atoms with van der Waals surface area (Å²) in [4.78, 5) is 0. The highest BCUT2D eigenvalue weighted by Gasteiger charge is 2.36. The van der Waals surface area contributed by atoms with Gasteiger partial charge < -0.3 is 10.5 Å². The summed E-state index contributed by atoms with van der Waals surface area (Å²) in [6.45, 7) is 3.99. The molecule has 0 atom stereocenters. The normalized spacial score (nSPS) is 18.4. The van der Waals surface area contributed by atoms with Crippen LogP contribution in [-0.4, -0.2) is 18.8 Å². The summed E-state index contributed by atoms with van der Waals surface area (Å²) in [5.41, 5.74) is 5.82. The second-order valence-corrected chi connectivity index (χ2v) is 5.19. The van der Waals surface area contributed by atoms with Crippen molar-refractivity contribution < 1.29 is 4.74 Å². The predicted molar refractivity (Wildman–Crippen MR) is 69.6 cm³/mol. The van der Waals surface area contributed by atoms with E-state index in [9.17, 15) is 0 Å². The van der Waals surface area contributed by atoms with Crippen LogP contribution in [0.15, 0.2) is 0 Å². The fourth-order valence-corrected chi connectivity index (χ4v) is 2.47. The monoisotopic (exact) mass is 227 g/mol. The van der Waals surface area contributed by atoms with E-state index >= 15 is 0 Å². The van der Waals surface area contributed by atoms with Gasteiger partial charge in [-0.15, -0.1) is 0 Å².